The predicted octanol–water partition coefficient (Wildman–Crippen LogP) is 1.34. The Kier molecular flexibility index (Phi) is 6.83. The molecule has 2 N–H and O–H groups in total. The van der Waals surface area contributed by atoms with Crippen molar-refractivity contribution in [3.8, 4) is 11.5 Å². The van der Waals surface area contributed by atoms with Crippen LogP contribution in [0, 0.1) is 6.92 Å². The minimum atomic E-state index is 0.0272. The molecule has 2 aromatic rings. The largest absolute Gasteiger partial charge is 0.493 e. The SMILES string of the molecule is COc1ccc(CNC(=O)C[NH+](C)Cc2ccc(C)cc2)cc1OC. The summed E-state index contributed by atoms with van der Waals surface area (Å²) in [6.07, 6.45) is 0. The van der Waals surface area contributed by atoms with Gasteiger partial charge >= 0.3 is 0 Å². The number of methoxy groups -OCH3 is 2. The van der Waals surface area contributed by atoms with E-state index in [2.05, 4.69) is 36.5 Å². The Bertz CT molecular complexity index is 699. The number of benzene rings is 2. The van der Waals surface area contributed by atoms with E-state index in [-0.39, 0.29) is 5.91 Å². The number of hydrogen-bond donors (Lipinski definition) is 2. The van der Waals surface area contributed by atoms with Gasteiger partial charge in [-0.2, -0.15) is 0 Å². The summed E-state index contributed by atoms with van der Waals surface area (Å²) in [6.45, 7) is 3.80. The molecule has 5 nitrogen and oxygen atoms in total. The first-order valence-electron chi connectivity index (χ1n) is 8.36. The normalized spacial score (nSPS) is 11.7. The van der Waals surface area contributed by atoms with Gasteiger partial charge in [0.15, 0.2) is 18.0 Å². The van der Waals surface area contributed by atoms with Gasteiger partial charge in [-0.3, -0.25) is 4.79 Å². The summed E-state index contributed by atoms with van der Waals surface area (Å²) in [7, 11) is 5.23. The number of rotatable bonds is 8. The van der Waals surface area contributed by atoms with Gasteiger partial charge in [0.1, 0.15) is 6.54 Å². The van der Waals surface area contributed by atoms with Crippen molar-refractivity contribution in [2.75, 3.05) is 27.8 Å². The Labute approximate surface area is 149 Å². The summed E-state index contributed by atoms with van der Waals surface area (Å²) in [5.74, 6) is 1.37. The fourth-order valence-electron chi connectivity index (χ4n) is 2.64. The summed E-state index contributed by atoms with van der Waals surface area (Å²) in [4.78, 5) is 13.3. The molecule has 1 atom stereocenters. The van der Waals surface area contributed by atoms with E-state index in [0.717, 1.165) is 17.0 Å². The number of aryl methyl sites for hydroxylation is 1. The molecule has 0 bridgehead atoms. The quantitative estimate of drug-likeness (QED) is 0.761. The van der Waals surface area contributed by atoms with E-state index in [1.165, 1.54) is 11.1 Å². The predicted molar refractivity (Wildman–Crippen MR) is 98.0 cm³/mol. The van der Waals surface area contributed by atoms with E-state index in [4.69, 9.17) is 9.47 Å². The third kappa shape index (κ3) is 5.80. The molecule has 0 saturated carbocycles. The van der Waals surface area contributed by atoms with E-state index in [0.29, 0.717) is 24.6 Å². The van der Waals surface area contributed by atoms with E-state index in [1.54, 1.807) is 14.2 Å². The number of ether oxygens (including phenoxy) is 2. The molecule has 0 radical (unpaired) electrons. The molecule has 0 aliphatic carbocycles. The van der Waals surface area contributed by atoms with Crippen LogP contribution in [0.1, 0.15) is 16.7 Å². The Hall–Kier alpha value is -2.53. The lowest BCUT2D eigenvalue weighted by Crippen LogP contribution is -3.08. The molecule has 0 aliphatic heterocycles. The van der Waals surface area contributed by atoms with Crippen LogP contribution >= 0.6 is 0 Å². The van der Waals surface area contributed by atoms with E-state index in [9.17, 15) is 4.79 Å². The summed E-state index contributed by atoms with van der Waals surface area (Å²) in [6, 6.07) is 14.1. The molecule has 1 unspecified atom stereocenters. The molecule has 2 rings (SSSR count). The number of carbonyl (C=O) groups excluding carboxylic acids is 1. The molecule has 25 heavy (non-hydrogen) atoms. The highest BCUT2D eigenvalue weighted by Gasteiger charge is 2.11. The van der Waals surface area contributed by atoms with Gasteiger partial charge in [-0.15, -0.1) is 0 Å². The zero-order valence-electron chi connectivity index (χ0n) is 15.4. The fourth-order valence-corrected chi connectivity index (χ4v) is 2.64. The van der Waals surface area contributed by atoms with Gasteiger partial charge in [-0.05, 0) is 24.6 Å². The van der Waals surface area contributed by atoms with Crippen molar-refractivity contribution >= 4 is 5.91 Å². The molecule has 0 saturated heterocycles. The van der Waals surface area contributed by atoms with Gasteiger partial charge in [0.05, 0.1) is 21.3 Å². The Balaban J connectivity index is 1.82. The number of likely N-dealkylation sites (N-methyl/N-ethyl adjacent to an activating group) is 1. The van der Waals surface area contributed by atoms with Crippen LogP contribution in [0.4, 0.5) is 0 Å². The molecule has 0 heterocycles. The molecule has 0 spiro atoms. The number of quaternary nitrogens is 1. The van der Waals surface area contributed by atoms with Crippen LogP contribution in [0.5, 0.6) is 11.5 Å². The smallest absolute Gasteiger partial charge is 0.275 e. The summed E-state index contributed by atoms with van der Waals surface area (Å²) < 4.78 is 10.5. The number of hydrogen-bond acceptors (Lipinski definition) is 3. The summed E-state index contributed by atoms with van der Waals surface area (Å²) >= 11 is 0. The third-order valence-electron chi connectivity index (χ3n) is 4.03. The van der Waals surface area contributed by atoms with E-state index in [1.807, 2.05) is 25.2 Å². The van der Waals surface area contributed by atoms with Gasteiger partial charge in [0, 0.05) is 12.1 Å². The minimum Gasteiger partial charge on any atom is -0.493 e. The van der Waals surface area contributed by atoms with Crippen molar-refractivity contribution < 1.29 is 19.2 Å². The zero-order chi connectivity index (χ0) is 18.2. The van der Waals surface area contributed by atoms with Crippen LogP contribution < -0.4 is 19.7 Å². The standard InChI is InChI=1S/C20H26N2O3/c1-15-5-7-16(8-6-15)13-22(2)14-20(23)21-12-17-9-10-18(24-3)19(11-17)25-4/h5-11H,12-14H2,1-4H3,(H,21,23)/p+1. The van der Waals surface area contributed by atoms with Crippen molar-refractivity contribution in [1.82, 2.24) is 5.32 Å². The molecular weight excluding hydrogens is 316 g/mol. The zero-order valence-corrected chi connectivity index (χ0v) is 15.4. The third-order valence-corrected chi connectivity index (χ3v) is 4.03. The Morgan fingerprint density at radius 1 is 1.00 bits per heavy atom. The lowest BCUT2D eigenvalue weighted by Gasteiger charge is -2.14. The maximum Gasteiger partial charge on any atom is 0.275 e. The first kappa shape index (κ1) is 18.8. The average molecular weight is 343 g/mol. The highest BCUT2D eigenvalue weighted by molar-refractivity contribution is 5.76. The lowest BCUT2D eigenvalue weighted by molar-refractivity contribution is -0.885. The lowest BCUT2D eigenvalue weighted by atomic mass is 10.1. The van der Waals surface area contributed by atoms with E-state index >= 15 is 0 Å². The molecule has 0 fully saturated rings. The molecule has 0 aromatic heterocycles. The van der Waals surface area contributed by atoms with Crippen molar-refractivity contribution in [3.05, 3.63) is 59.2 Å². The van der Waals surface area contributed by atoms with Crippen LogP contribution in [0.25, 0.3) is 0 Å². The summed E-state index contributed by atoms with van der Waals surface area (Å²) in [5, 5.41) is 2.96. The van der Waals surface area contributed by atoms with Crippen molar-refractivity contribution in [2.45, 2.75) is 20.0 Å². The Morgan fingerprint density at radius 3 is 2.28 bits per heavy atom. The first-order chi connectivity index (χ1) is 12.0. The number of carbonyl (C=O) groups is 1. The fraction of sp³-hybridized carbons (Fsp3) is 0.350. The first-order valence-corrected chi connectivity index (χ1v) is 8.36. The van der Waals surface area contributed by atoms with Crippen LogP contribution in [0.3, 0.4) is 0 Å². The van der Waals surface area contributed by atoms with Gasteiger partial charge in [-0.1, -0.05) is 35.9 Å². The molecule has 2 aromatic carbocycles. The highest BCUT2D eigenvalue weighted by atomic mass is 16.5. The highest BCUT2D eigenvalue weighted by Crippen LogP contribution is 2.27. The van der Waals surface area contributed by atoms with E-state index < -0.39 is 0 Å². The maximum absolute atomic E-state index is 12.2. The second-order valence-corrected chi connectivity index (χ2v) is 6.26. The molecule has 5 heteroatoms. The minimum absolute atomic E-state index is 0.0272. The van der Waals surface area contributed by atoms with Gasteiger partial charge in [0.2, 0.25) is 0 Å². The molecule has 134 valence electrons. The monoisotopic (exact) mass is 343 g/mol. The van der Waals surface area contributed by atoms with Crippen LogP contribution in [0.15, 0.2) is 42.5 Å². The second-order valence-electron chi connectivity index (χ2n) is 6.26. The number of amides is 1. The van der Waals surface area contributed by atoms with Crippen LogP contribution in [-0.2, 0) is 17.9 Å². The van der Waals surface area contributed by atoms with Crippen LogP contribution in [0.2, 0.25) is 0 Å². The topological polar surface area (TPSA) is 52.0 Å². The second kappa shape index (κ2) is 9.08. The van der Waals surface area contributed by atoms with Crippen molar-refractivity contribution in [3.63, 3.8) is 0 Å². The van der Waals surface area contributed by atoms with Crippen molar-refractivity contribution in [1.29, 1.82) is 0 Å². The molecule has 0 aliphatic rings. The van der Waals surface area contributed by atoms with Crippen LogP contribution in [-0.4, -0.2) is 33.7 Å². The number of nitrogens with one attached hydrogen (secondary N) is 2. The maximum atomic E-state index is 12.2. The molecule has 1 amide bonds. The van der Waals surface area contributed by atoms with Gasteiger partial charge in [0.25, 0.3) is 5.91 Å². The Morgan fingerprint density at radius 2 is 1.64 bits per heavy atom. The average Bonchev–Trinajstić information content (AvgIpc) is 2.61. The van der Waals surface area contributed by atoms with Gasteiger partial charge in [-0.25, -0.2) is 0 Å². The van der Waals surface area contributed by atoms with Gasteiger partial charge < -0.3 is 19.7 Å². The van der Waals surface area contributed by atoms with Crippen molar-refractivity contribution in [2.24, 2.45) is 0 Å². The molecular formula is C20H27N2O3+. The summed E-state index contributed by atoms with van der Waals surface area (Å²) in [5.41, 5.74) is 3.45.